The number of esters is 2. The molecule has 0 heterocycles. The van der Waals surface area contributed by atoms with Gasteiger partial charge in [0.05, 0.1) is 6.61 Å². The largest absolute Gasteiger partial charge is 0.462 e. The first-order valence-corrected chi connectivity index (χ1v) is 37.4. The predicted octanol–water partition coefficient (Wildman–Crippen LogP) is 26.3. The summed E-state index contributed by atoms with van der Waals surface area (Å²) in [7, 11) is 0. The lowest BCUT2D eigenvalue weighted by Gasteiger charge is -2.15. The lowest BCUT2D eigenvalue weighted by molar-refractivity contribution is -0.161. The number of hydrogen-bond acceptors (Lipinski definition) is 5. The second-order valence-corrected chi connectivity index (χ2v) is 25.0. The molecule has 0 saturated heterocycles. The molecule has 0 aromatic heterocycles. The molecule has 1 unspecified atom stereocenters. The van der Waals surface area contributed by atoms with E-state index in [-0.39, 0.29) is 25.2 Å². The van der Waals surface area contributed by atoms with Crippen molar-refractivity contribution in [3.63, 3.8) is 0 Å². The first kappa shape index (κ1) is 82.6. The summed E-state index contributed by atoms with van der Waals surface area (Å²) in [5.41, 5.74) is 0. The Morgan fingerprint density at radius 2 is 0.465 bits per heavy atom. The van der Waals surface area contributed by atoms with Crippen molar-refractivity contribution in [2.45, 2.75) is 380 Å². The summed E-state index contributed by atoms with van der Waals surface area (Å²) in [6, 6.07) is 0. The van der Waals surface area contributed by atoms with Gasteiger partial charge in [0.1, 0.15) is 6.61 Å². The number of aliphatic hydroxyl groups is 1. The highest BCUT2D eigenvalue weighted by atomic mass is 16.6. The van der Waals surface area contributed by atoms with Gasteiger partial charge in [0.2, 0.25) is 0 Å². The number of hydrogen-bond donors (Lipinski definition) is 1. The van der Waals surface area contributed by atoms with E-state index in [1.807, 2.05) is 0 Å². The number of carbonyl (C=O) groups is 2. The van der Waals surface area contributed by atoms with E-state index in [2.05, 4.69) is 123 Å². The Balaban J connectivity index is 3.40. The normalized spacial score (nSPS) is 12.8. The van der Waals surface area contributed by atoms with E-state index in [4.69, 9.17) is 9.47 Å². The van der Waals surface area contributed by atoms with Gasteiger partial charge in [-0.25, -0.2) is 0 Å². The van der Waals surface area contributed by atoms with Gasteiger partial charge >= 0.3 is 11.9 Å². The minimum atomic E-state index is -0.775. The zero-order valence-electron chi connectivity index (χ0n) is 57.1. The second-order valence-electron chi connectivity index (χ2n) is 25.0. The minimum absolute atomic E-state index is 0.0638. The number of allylic oxidation sites excluding steroid dienone is 18. The van der Waals surface area contributed by atoms with Gasteiger partial charge in [0.25, 0.3) is 0 Å². The molecule has 5 nitrogen and oxygen atoms in total. The van der Waals surface area contributed by atoms with Crippen LogP contribution in [-0.4, -0.2) is 36.4 Å². The third kappa shape index (κ3) is 73.0. The molecule has 0 saturated carbocycles. The molecule has 0 amide bonds. The molecule has 0 aromatic rings. The Kier molecular flexibility index (Phi) is 72.8. The van der Waals surface area contributed by atoms with Crippen LogP contribution in [-0.2, 0) is 19.1 Å². The predicted molar refractivity (Wildman–Crippen MR) is 380 cm³/mol. The number of carbonyl (C=O) groups excluding carboxylic acids is 2. The van der Waals surface area contributed by atoms with Crippen molar-refractivity contribution >= 4 is 11.9 Å². The molecular formula is C81H142O5. The topological polar surface area (TPSA) is 72.8 Å². The van der Waals surface area contributed by atoms with Crippen molar-refractivity contribution < 1.29 is 24.2 Å². The molecule has 0 spiro atoms. The maximum Gasteiger partial charge on any atom is 0.306 e. The molecule has 0 aliphatic rings. The number of rotatable bonds is 69. The zero-order valence-corrected chi connectivity index (χ0v) is 57.1. The maximum atomic E-state index is 12.4. The van der Waals surface area contributed by atoms with Crippen LogP contribution in [0.1, 0.15) is 373 Å². The Morgan fingerprint density at radius 3 is 0.698 bits per heavy atom. The average molecular weight is 1200 g/mol. The third-order valence-electron chi connectivity index (χ3n) is 16.6. The minimum Gasteiger partial charge on any atom is -0.462 e. The van der Waals surface area contributed by atoms with E-state index in [0.29, 0.717) is 12.8 Å². The number of aliphatic hydroxyl groups excluding tert-OH is 1. The van der Waals surface area contributed by atoms with Crippen molar-refractivity contribution in [2.24, 2.45) is 0 Å². The Morgan fingerprint density at radius 1 is 0.267 bits per heavy atom. The molecule has 0 fully saturated rings. The van der Waals surface area contributed by atoms with Crippen molar-refractivity contribution in [3.8, 4) is 0 Å². The highest BCUT2D eigenvalue weighted by Crippen LogP contribution is 2.19. The molecule has 1 atom stereocenters. The van der Waals surface area contributed by atoms with Gasteiger partial charge in [-0.1, -0.05) is 374 Å². The maximum absolute atomic E-state index is 12.4. The van der Waals surface area contributed by atoms with Gasteiger partial charge < -0.3 is 14.6 Å². The van der Waals surface area contributed by atoms with Crippen LogP contribution >= 0.6 is 0 Å². The summed E-state index contributed by atoms with van der Waals surface area (Å²) < 4.78 is 10.8. The molecule has 0 rings (SSSR count). The lowest BCUT2D eigenvalue weighted by atomic mass is 10.0. The van der Waals surface area contributed by atoms with E-state index in [9.17, 15) is 14.7 Å². The Bertz CT molecular complexity index is 1640. The molecule has 86 heavy (non-hydrogen) atoms. The van der Waals surface area contributed by atoms with Crippen molar-refractivity contribution in [3.05, 3.63) is 109 Å². The highest BCUT2D eigenvalue weighted by molar-refractivity contribution is 5.70. The molecule has 5 heteroatoms. The zero-order chi connectivity index (χ0) is 61.9. The summed E-state index contributed by atoms with van der Waals surface area (Å²) in [5.74, 6) is -0.573. The summed E-state index contributed by atoms with van der Waals surface area (Å²) in [6.07, 6.45) is 110. The first-order valence-electron chi connectivity index (χ1n) is 37.4. The SMILES string of the molecule is CC/C=C\C/C=C\C/C=C\C/C=C\C/C=C\CCCCCCCCCCCCCCCCCCCC(=O)OC(CO)COC(=O)CCCCCCCCCCCCCCCCCCCCCCCCCCCC/C=C\C/C=C\C/C=C\C/C=C\CC. The second kappa shape index (κ2) is 75.8. The van der Waals surface area contributed by atoms with Crippen molar-refractivity contribution in [2.75, 3.05) is 13.2 Å². The van der Waals surface area contributed by atoms with Gasteiger partial charge in [0, 0.05) is 12.8 Å². The van der Waals surface area contributed by atoms with E-state index in [0.717, 1.165) is 96.3 Å². The third-order valence-corrected chi connectivity index (χ3v) is 16.6. The van der Waals surface area contributed by atoms with E-state index in [1.165, 1.54) is 250 Å². The average Bonchev–Trinajstić information content (AvgIpc) is 3.55. The fourth-order valence-corrected chi connectivity index (χ4v) is 11.1. The van der Waals surface area contributed by atoms with Crippen LogP contribution in [0.15, 0.2) is 109 Å². The lowest BCUT2D eigenvalue weighted by Crippen LogP contribution is -2.28. The van der Waals surface area contributed by atoms with Gasteiger partial charge in [0.15, 0.2) is 6.10 Å². The molecule has 0 aromatic carbocycles. The van der Waals surface area contributed by atoms with E-state index >= 15 is 0 Å². The van der Waals surface area contributed by atoms with Crippen molar-refractivity contribution in [1.82, 2.24) is 0 Å². The van der Waals surface area contributed by atoms with Gasteiger partial charge in [-0.15, -0.1) is 0 Å². The van der Waals surface area contributed by atoms with Gasteiger partial charge in [-0.05, 0) is 96.3 Å². The monoisotopic (exact) mass is 1200 g/mol. The van der Waals surface area contributed by atoms with Crippen molar-refractivity contribution in [1.29, 1.82) is 0 Å². The highest BCUT2D eigenvalue weighted by Gasteiger charge is 2.16. The fraction of sp³-hybridized carbons (Fsp3) is 0.753. The summed E-state index contributed by atoms with van der Waals surface area (Å²) in [4.78, 5) is 24.7. The molecular weight excluding hydrogens is 1050 g/mol. The number of unbranched alkanes of at least 4 members (excludes halogenated alkanes) is 43. The first-order chi connectivity index (χ1) is 42.6. The molecule has 496 valence electrons. The van der Waals surface area contributed by atoms with Crippen LogP contribution in [0.3, 0.4) is 0 Å². The van der Waals surface area contributed by atoms with Crippen LogP contribution in [0.2, 0.25) is 0 Å². The standard InChI is InChI=1S/C81H142O5/c1-3-5-7-9-11-13-15-17-19-21-23-25-27-29-31-33-35-37-38-39-40-41-42-44-45-47-49-51-53-55-57-59-61-63-65-67-69-71-73-75-80(83)85-78-79(77-82)86-81(84)76-74-72-70-68-66-64-62-60-58-56-54-52-50-48-46-43-36-34-32-30-28-26-24-22-20-18-16-14-12-10-8-6-4-2/h5-8,11-14,17-20,23-26,30,32,79,82H,3-4,9-10,15-16,21-22,27-29,31,33-78H2,1-2H3/b7-5-,8-6-,13-11-,14-12-,19-17-,20-18-,25-23-,26-24-,32-30-. The molecule has 0 bridgehead atoms. The van der Waals surface area contributed by atoms with Crippen LogP contribution < -0.4 is 0 Å². The van der Waals surface area contributed by atoms with E-state index < -0.39 is 6.10 Å². The van der Waals surface area contributed by atoms with Crippen LogP contribution in [0.25, 0.3) is 0 Å². The van der Waals surface area contributed by atoms with Gasteiger partial charge in [-0.2, -0.15) is 0 Å². The molecule has 0 aliphatic carbocycles. The van der Waals surface area contributed by atoms with Gasteiger partial charge in [-0.3, -0.25) is 9.59 Å². The number of ether oxygens (including phenoxy) is 2. The molecule has 0 aliphatic heterocycles. The quantitative estimate of drug-likeness (QED) is 0.0373. The fourth-order valence-electron chi connectivity index (χ4n) is 11.1. The molecule has 0 radical (unpaired) electrons. The van der Waals surface area contributed by atoms with Crippen LogP contribution in [0, 0.1) is 0 Å². The molecule has 1 N–H and O–H groups in total. The summed E-state index contributed by atoms with van der Waals surface area (Å²) >= 11 is 0. The summed E-state index contributed by atoms with van der Waals surface area (Å²) in [6.45, 7) is 3.96. The smallest absolute Gasteiger partial charge is 0.306 e. The van der Waals surface area contributed by atoms with E-state index in [1.54, 1.807) is 0 Å². The van der Waals surface area contributed by atoms with Crippen LogP contribution in [0.4, 0.5) is 0 Å². The Labute approximate surface area is 535 Å². The van der Waals surface area contributed by atoms with Crippen LogP contribution in [0.5, 0.6) is 0 Å². The summed E-state index contributed by atoms with van der Waals surface area (Å²) in [5, 5.41) is 9.72. The Hall–Kier alpha value is -3.44.